The van der Waals surface area contributed by atoms with Crippen LogP contribution in [0.1, 0.15) is 44.4 Å². The average Bonchev–Trinajstić information content (AvgIpc) is 3.25. The lowest BCUT2D eigenvalue weighted by molar-refractivity contribution is -0.130. The molecule has 10 heteroatoms. The first-order chi connectivity index (χ1) is 16.7. The molecule has 2 N–H and O–H groups in total. The summed E-state index contributed by atoms with van der Waals surface area (Å²) in [6.07, 6.45) is 0.189. The van der Waals surface area contributed by atoms with Crippen LogP contribution in [0.15, 0.2) is 63.2 Å². The Balaban J connectivity index is 1.76. The van der Waals surface area contributed by atoms with Gasteiger partial charge in [-0.25, -0.2) is 14.4 Å². The third-order valence-corrected chi connectivity index (χ3v) is 6.32. The zero-order chi connectivity index (χ0) is 25.3. The second kappa shape index (κ2) is 9.79. The van der Waals surface area contributed by atoms with E-state index in [9.17, 15) is 19.5 Å². The molecule has 0 aliphatic carbocycles. The Morgan fingerprint density at radius 1 is 1.17 bits per heavy atom. The van der Waals surface area contributed by atoms with Crippen LogP contribution in [0.25, 0.3) is 5.69 Å². The van der Waals surface area contributed by atoms with Crippen LogP contribution in [0.4, 0.5) is 5.69 Å². The molecule has 0 spiro atoms. The van der Waals surface area contributed by atoms with Crippen molar-refractivity contribution in [1.29, 1.82) is 0 Å². The van der Waals surface area contributed by atoms with Crippen LogP contribution in [0.2, 0.25) is 5.02 Å². The third-order valence-electron chi connectivity index (χ3n) is 6.08. The fourth-order valence-corrected chi connectivity index (χ4v) is 4.53. The van der Waals surface area contributed by atoms with Crippen LogP contribution in [-0.4, -0.2) is 44.4 Å². The number of carbonyl (C=O) groups excluding carboxylic acids is 1. The summed E-state index contributed by atoms with van der Waals surface area (Å²) < 4.78 is 0.954. The minimum absolute atomic E-state index is 0.168. The first-order valence-electron chi connectivity index (χ1n) is 11.3. The van der Waals surface area contributed by atoms with Crippen LogP contribution >= 0.6 is 11.6 Å². The highest BCUT2D eigenvalue weighted by atomic mass is 35.5. The number of aromatic hydroxyl groups is 1. The summed E-state index contributed by atoms with van der Waals surface area (Å²) >= 11 is 6.05. The maximum atomic E-state index is 12.8. The summed E-state index contributed by atoms with van der Waals surface area (Å²) in [6, 6.07) is 13.7. The number of H-pyrrole nitrogens is 1. The lowest BCUT2D eigenvalue weighted by Crippen LogP contribution is -2.33. The van der Waals surface area contributed by atoms with Crippen LogP contribution in [0, 0.1) is 0 Å². The Morgan fingerprint density at radius 3 is 2.46 bits per heavy atom. The Hall–Kier alpha value is -3.85. The first kappa shape index (κ1) is 24.3. The molecule has 0 saturated carbocycles. The Labute approximate surface area is 206 Å². The summed E-state index contributed by atoms with van der Waals surface area (Å²) in [6.45, 7) is 7.30. The Kier molecular flexibility index (Phi) is 6.79. The smallest absolute Gasteiger partial charge is 0.335 e. The summed E-state index contributed by atoms with van der Waals surface area (Å²) in [5.41, 5.74) is 0.618. The number of carbonyl (C=O) groups is 1. The van der Waals surface area contributed by atoms with Gasteiger partial charge in [0.05, 0.1) is 17.4 Å². The van der Waals surface area contributed by atoms with Crippen molar-refractivity contribution in [3.63, 3.8) is 0 Å². The molecule has 0 fully saturated rings. The molecule has 0 radical (unpaired) electrons. The topological polar surface area (TPSA) is 111 Å². The number of nitrogens with one attached hydrogen (secondary N) is 1. The molecule has 0 saturated heterocycles. The van der Waals surface area contributed by atoms with E-state index >= 15 is 0 Å². The zero-order valence-corrected chi connectivity index (χ0v) is 20.4. The van der Waals surface area contributed by atoms with E-state index in [-0.39, 0.29) is 29.3 Å². The number of benzene rings is 2. The zero-order valence-electron chi connectivity index (χ0n) is 19.7. The van der Waals surface area contributed by atoms with Crippen molar-refractivity contribution in [2.24, 2.45) is 5.10 Å². The standard InChI is InChI=1S/C25H26ClN5O4/c1-4-29(5-2)18-11-9-16(10-12-18)21-14-20(28-31(21)15(3)32)22-23(33)27-25(35)30(24(22)34)19-8-6-7-17(26)13-19/h6-13,21,34H,4-5,14H2,1-3H3,(H,27,33,35). The summed E-state index contributed by atoms with van der Waals surface area (Å²) in [5, 5.41) is 17.0. The number of aromatic amines is 1. The lowest BCUT2D eigenvalue weighted by Gasteiger charge is -2.23. The molecular formula is C25H26ClN5O4. The SMILES string of the molecule is CCN(CC)c1ccc(C2CC(c3c(O)n(-c4cccc(Cl)c4)c(=O)[nH]c3=O)=NN2C(C)=O)cc1. The second-order valence-corrected chi connectivity index (χ2v) is 8.60. The van der Waals surface area contributed by atoms with Crippen molar-refractivity contribution in [3.8, 4) is 11.6 Å². The minimum atomic E-state index is -0.816. The van der Waals surface area contributed by atoms with Gasteiger partial charge >= 0.3 is 5.69 Å². The van der Waals surface area contributed by atoms with E-state index in [1.54, 1.807) is 18.2 Å². The van der Waals surface area contributed by atoms with E-state index in [1.807, 2.05) is 24.3 Å². The molecule has 0 bridgehead atoms. The van der Waals surface area contributed by atoms with Gasteiger partial charge < -0.3 is 10.0 Å². The number of rotatable bonds is 6. The quantitative estimate of drug-likeness (QED) is 0.544. The van der Waals surface area contributed by atoms with Crippen molar-refractivity contribution in [1.82, 2.24) is 14.6 Å². The molecule has 182 valence electrons. The number of halogens is 1. The van der Waals surface area contributed by atoms with Crippen molar-refractivity contribution in [2.45, 2.75) is 33.2 Å². The summed E-state index contributed by atoms with van der Waals surface area (Å²) in [4.78, 5) is 42.1. The van der Waals surface area contributed by atoms with Gasteiger partial charge in [-0.05, 0) is 49.7 Å². The molecular weight excluding hydrogens is 470 g/mol. The molecule has 1 aliphatic rings. The number of nitrogens with zero attached hydrogens (tertiary/aromatic N) is 4. The van der Waals surface area contributed by atoms with E-state index in [0.717, 1.165) is 28.9 Å². The molecule has 2 aromatic carbocycles. The van der Waals surface area contributed by atoms with Gasteiger partial charge in [0.1, 0.15) is 5.56 Å². The van der Waals surface area contributed by atoms with Gasteiger partial charge in [-0.2, -0.15) is 5.10 Å². The normalized spacial score (nSPS) is 15.3. The van der Waals surface area contributed by atoms with Crippen molar-refractivity contribution >= 4 is 28.9 Å². The maximum absolute atomic E-state index is 12.8. The van der Waals surface area contributed by atoms with Crippen molar-refractivity contribution in [3.05, 3.63) is 85.5 Å². The van der Waals surface area contributed by atoms with E-state index in [2.05, 4.69) is 28.8 Å². The molecule has 35 heavy (non-hydrogen) atoms. The predicted molar refractivity (Wildman–Crippen MR) is 136 cm³/mol. The number of hydrogen-bond acceptors (Lipinski definition) is 6. The highest BCUT2D eigenvalue weighted by Gasteiger charge is 2.34. The van der Waals surface area contributed by atoms with Crippen LogP contribution in [-0.2, 0) is 4.79 Å². The van der Waals surface area contributed by atoms with Crippen molar-refractivity contribution < 1.29 is 9.90 Å². The maximum Gasteiger partial charge on any atom is 0.335 e. The average molecular weight is 496 g/mol. The number of hydrazone groups is 1. The van der Waals surface area contributed by atoms with Gasteiger partial charge in [-0.3, -0.25) is 14.6 Å². The van der Waals surface area contributed by atoms with Gasteiger partial charge in [0, 0.05) is 37.1 Å². The number of aromatic nitrogens is 2. The highest BCUT2D eigenvalue weighted by molar-refractivity contribution is 6.30. The number of anilines is 1. The highest BCUT2D eigenvalue weighted by Crippen LogP contribution is 2.34. The van der Waals surface area contributed by atoms with Crippen LogP contribution < -0.4 is 16.1 Å². The second-order valence-electron chi connectivity index (χ2n) is 8.17. The summed E-state index contributed by atoms with van der Waals surface area (Å²) in [5.74, 6) is -0.877. The third kappa shape index (κ3) is 4.59. The van der Waals surface area contributed by atoms with Gasteiger partial charge in [0.25, 0.3) is 5.56 Å². The molecule has 1 unspecified atom stereocenters. The molecule has 9 nitrogen and oxygen atoms in total. The molecule has 1 aromatic heterocycles. The van der Waals surface area contributed by atoms with E-state index in [4.69, 9.17) is 11.6 Å². The molecule has 4 rings (SSSR count). The van der Waals surface area contributed by atoms with Crippen LogP contribution in [0.5, 0.6) is 5.88 Å². The molecule has 2 heterocycles. The largest absolute Gasteiger partial charge is 0.493 e. The van der Waals surface area contributed by atoms with Gasteiger partial charge in [-0.15, -0.1) is 0 Å². The molecule has 1 aliphatic heterocycles. The molecule has 3 aromatic rings. The van der Waals surface area contributed by atoms with E-state index in [1.165, 1.54) is 18.0 Å². The monoisotopic (exact) mass is 495 g/mol. The van der Waals surface area contributed by atoms with Gasteiger partial charge in [0.2, 0.25) is 11.8 Å². The van der Waals surface area contributed by atoms with Crippen LogP contribution in [0.3, 0.4) is 0 Å². The van der Waals surface area contributed by atoms with E-state index in [0.29, 0.717) is 5.02 Å². The molecule has 1 amide bonds. The van der Waals surface area contributed by atoms with Crippen molar-refractivity contribution in [2.75, 3.05) is 18.0 Å². The summed E-state index contributed by atoms with van der Waals surface area (Å²) in [7, 11) is 0. The van der Waals surface area contributed by atoms with Gasteiger partial charge in [0.15, 0.2) is 0 Å². The fourth-order valence-electron chi connectivity index (χ4n) is 4.35. The minimum Gasteiger partial charge on any atom is -0.493 e. The molecule has 1 atom stereocenters. The number of amides is 1. The Bertz CT molecular complexity index is 1410. The Morgan fingerprint density at radius 2 is 1.86 bits per heavy atom. The van der Waals surface area contributed by atoms with Gasteiger partial charge in [-0.1, -0.05) is 29.8 Å². The lowest BCUT2D eigenvalue weighted by atomic mass is 9.98. The first-order valence-corrected chi connectivity index (χ1v) is 11.7. The van der Waals surface area contributed by atoms with E-state index < -0.39 is 23.2 Å². The predicted octanol–water partition coefficient (Wildman–Crippen LogP) is 3.43. The number of hydrogen-bond donors (Lipinski definition) is 2. The fraction of sp³-hybridized carbons (Fsp3) is 0.280.